The highest BCUT2D eigenvalue weighted by molar-refractivity contribution is 7.89. The van der Waals surface area contributed by atoms with Crippen molar-refractivity contribution in [2.45, 2.75) is 24.8 Å². The normalized spacial score (nSPS) is 11.8. The molecule has 0 aliphatic rings. The van der Waals surface area contributed by atoms with Crippen LogP contribution in [-0.2, 0) is 16.6 Å². The first kappa shape index (κ1) is 16.5. The van der Waals surface area contributed by atoms with Crippen molar-refractivity contribution in [3.8, 4) is 17.1 Å². The van der Waals surface area contributed by atoms with Gasteiger partial charge in [-0.25, -0.2) is 18.5 Å². The molecule has 7 heteroatoms. The van der Waals surface area contributed by atoms with Crippen LogP contribution in [-0.4, -0.2) is 25.1 Å². The Kier molecular flexibility index (Phi) is 4.29. The van der Waals surface area contributed by atoms with Gasteiger partial charge in [0.15, 0.2) is 0 Å². The topological polar surface area (TPSA) is 87.2 Å². The molecule has 1 aromatic heterocycles. The number of ether oxygens (including phenoxy) is 1. The molecule has 0 bridgehead atoms. The first-order valence-corrected chi connectivity index (χ1v) is 9.16. The van der Waals surface area contributed by atoms with E-state index in [4.69, 9.17) is 9.88 Å². The van der Waals surface area contributed by atoms with Crippen molar-refractivity contribution in [2.75, 3.05) is 7.11 Å². The first-order valence-electron chi connectivity index (χ1n) is 7.61. The molecule has 24 heavy (non-hydrogen) atoms. The van der Waals surface area contributed by atoms with Crippen LogP contribution in [0.3, 0.4) is 0 Å². The van der Waals surface area contributed by atoms with Gasteiger partial charge >= 0.3 is 0 Å². The minimum absolute atomic E-state index is 0.0671. The molecule has 6 nitrogen and oxygen atoms in total. The molecule has 0 aliphatic heterocycles. The Morgan fingerprint density at radius 3 is 2.46 bits per heavy atom. The molecule has 0 unspecified atom stereocenters. The van der Waals surface area contributed by atoms with Gasteiger partial charge in [-0.2, -0.15) is 0 Å². The number of nitrogens with two attached hydrogens (primary N) is 1. The van der Waals surface area contributed by atoms with Crippen LogP contribution >= 0.6 is 0 Å². The van der Waals surface area contributed by atoms with E-state index in [-0.39, 0.29) is 4.90 Å². The number of fused-ring (bicyclic) bond motifs is 1. The van der Waals surface area contributed by atoms with Crippen LogP contribution in [0, 0.1) is 0 Å². The second-order valence-corrected chi connectivity index (χ2v) is 7.07. The minimum Gasteiger partial charge on any atom is -0.497 e. The number of nitrogens with zero attached hydrogens (tertiary/aromatic N) is 2. The summed E-state index contributed by atoms with van der Waals surface area (Å²) in [5.41, 5.74) is 2.44. The molecule has 0 aliphatic carbocycles. The molecule has 2 N–H and O–H groups in total. The molecular weight excluding hydrogens is 326 g/mol. The minimum atomic E-state index is -3.75. The summed E-state index contributed by atoms with van der Waals surface area (Å²) in [7, 11) is -2.13. The number of rotatable bonds is 5. The fraction of sp³-hybridized carbons (Fsp3) is 0.235. The lowest BCUT2D eigenvalue weighted by Gasteiger charge is -2.08. The van der Waals surface area contributed by atoms with Gasteiger partial charge in [-0.15, -0.1) is 0 Å². The Hall–Kier alpha value is -2.38. The lowest BCUT2D eigenvalue weighted by atomic mass is 10.2. The molecule has 0 saturated heterocycles. The van der Waals surface area contributed by atoms with E-state index in [0.717, 1.165) is 35.6 Å². The number of aromatic nitrogens is 2. The van der Waals surface area contributed by atoms with Gasteiger partial charge in [0.1, 0.15) is 11.6 Å². The smallest absolute Gasteiger partial charge is 0.238 e. The first-order chi connectivity index (χ1) is 11.4. The monoisotopic (exact) mass is 345 g/mol. The Morgan fingerprint density at radius 1 is 1.17 bits per heavy atom. The predicted molar refractivity (Wildman–Crippen MR) is 93.4 cm³/mol. The van der Waals surface area contributed by atoms with Crippen molar-refractivity contribution in [2.24, 2.45) is 5.14 Å². The van der Waals surface area contributed by atoms with Crippen molar-refractivity contribution in [3.05, 3.63) is 42.5 Å². The third kappa shape index (κ3) is 3.00. The Bertz CT molecular complexity index is 976. The van der Waals surface area contributed by atoms with E-state index >= 15 is 0 Å². The number of benzene rings is 2. The van der Waals surface area contributed by atoms with E-state index in [9.17, 15) is 8.42 Å². The van der Waals surface area contributed by atoms with Crippen LogP contribution in [0.1, 0.15) is 13.3 Å². The summed E-state index contributed by atoms with van der Waals surface area (Å²) in [6.07, 6.45) is 0.936. The largest absolute Gasteiger partial charge is 0.497 e. The lowest BCUT2D eigenvalue weighted by Crippen LogP contribution is -2.11. The zero-order valence-electron chi connectivity index (χ0n) is 13.6. The number of hydrogen-bond acceptors (Lipinski definition) is 4. The molecular formula is C17H19N3O3S. The van der Waals surface area contributed by atoms with Crippen molar-refractivity contribution in [1.29, 1.82) is 0 Å². The van der Waals surface area contributed by atoms with Crippen LogP contribution in [0.5, 0.6) is 5.75 Å². The van der Waals surface area contributed by atoms with Crippen LogP contribution < -0.4 is 9.88 Å². The molecule has 3 aromatic rings. The van der Waals surface area contributed by atoms with Gasteiger partial charge in [-0.1, -0.05) is 6.92 Å². The zero-order valence-corrected chi connectivity index (χ0v) is 14.4. The highest BCUT2D eigenvalue weighted by atomic mass is 32.2. The number of aryl methyl sites for hydroxylation is 1. The molecule has 0 spiro atoms. The average Bonchev–Trinajstić information content (AvgIpc) is 2.92. The van der Waals surface area contributed by atoms with Crippen LogP contribution in [0.15, 0.2) is 47.4 Å². The molecule has 0 radical (unpaired) electrons. The SMILES string of the molecule is CCCn1c(-c2ccc(OC)cc2)nc2cc(S(N)(=O)=O)ccc21. The predicted octanol–water partition coefficient (Wildman–Crippen LogP) is 2.77. The number of hydrogen-bond donors (Lipinski definition) is 1. The molecule has 2 aromatic carbocycles. The van der Waals surface area contributed by atoms with E-state index < -0.39 is 10.0 Å². The highest BCUT2D eigenvalue weighted by Gasteiger charge is 2.15. The van der Waals surface area contributed by atoms with Crippen LogP contribution in [0.4, 0.5) is 0 Å². The van der Waals surface area contributed by atoms with Crippen molar-refractivity contribution in [1.82, 2.24) is 9.55 Å². The Labute approximate surface area is 140 Å². The van der Waals surface area contributed by atoms with Crippen molar-refractivity contribution >= 4 is 21.1 Å². The summed E-state index contributed by atoms with van der Waals surface area (Å²) in [4.78, 5) is 4.70. The fourth-order valence-corrected chi connectivity index (χ4v) is 3.23. The summed E-state index contributed by atoms with van der Waals surface area (Å²) in [6.45, 7) is 2.87. The molecule has 126 valence electrons. The van der Waals surface area contributed by atoms with E-state index in [1.54, 1.807) is 13.2 Å². The van der Waals surface area contributed by atoms with E-state index in [1.165, 1.54) is 12.1 Å². The van der Waals surface area contributed by atoms with E-state index in [1.807, 2.05) is 24.3 Å². The maximum atomic E-state index is 11.6. The van der Waals surface area contributed by atoms with Gasteiger partial charge in [0, 0.05) is 12.1 Å². The zero-order chi connectivity index (χ0) is 17.3. The maximum Gasteiger partial charge on any atom is 0.238 e. The number of imidazole rings is 1. The average molecular weight is 345 g/mol. The van der Waals surface area contributed by atoms with E-state index in [2.05, 4.69) is 16.5 Å². The van der Waals surface area contributed by atoms with E-state index in [0.29, 0.717) is 5.52 Å². The molecule has 0 amide bonds. The third-order valence-electron chi connectivity index (χ3n) is 3.84. The van der Waals surface area contributed by atoms with Gasteiger partial charge in [0.2, 0.25) is 10.0 Å². The Morgan fingerprint density at radius 2 is 1.88 bits per heavy atom. The second kappa shape index (κ2) is 6.26. The highest BCUT2D eigenvalue weighted by Crippen LogP contribution is 2.28. The fourth-order valence-electron chi connectivity index (χ4n) is 2.70. The van der Waals surface area contributed by atoms with Gasteiger partial charge in [-0.3, -0.25) is 0 Å². The number of sulfonamides is 1. The molecule has 3 rings (SSSR count). The number of methoxy groups -OCH3 is 1. The lowest BCUT2D eigenvalue weighted by molar-refractivity contribution is 0.415. The van der Waals surface area contributed by atoms with Crippen molar-refractivity contribution in [3.63, 3.8) is 0 Å². The quantitative estimate of drug-likeness (QED) is 0.770. The number of primary sulfonamides is 1. The standard InChI is InChI=1S/C17H19N3O3S/c1-3-10-20-16-9-8-14(24(18,21)22)11-15(16)19-17(20)12-4-6-13(23-2)7-5-12/h4-9,11H,3,10H2,1-2H3,(H2,18,21,22). The summed E-state index contributed by atoms with van der Waals surface area (Å²) in [5, 5.41) is 5.22. The summed E-state index contributed by atoms with van der Waals surface area (Å²) in [5.74, 6) is 1.56. The molecule has 1 heterocycles. The molecule has 0 atom stereocenters. The van der Waals surface area contributed by atoms with Gasteiger partial charge in [0.25, 0.3) is 0 Å². The maximum absolute atomic E-state index is 11.6. The van der Waals surface area contributed by atoms with Crippen LogP contribution in [0.2, 0.25) is 0 Å². The van der Waals surface area contributed by atoms with Gasteiger partial charge < -0.3 is 9.30 Å². The molecule has 0 fully saturated rings. The summed E-state index contributed by atoms with van der Waals surface area (Å²) >= 11 is 0. The van der Waals surface area contributed by atoms with Crippen LogP contribution in [0.25, 0.3) is 22.4 Å². The Balaban J connectivity index is 2.20. The second-order valence-electron chi connectivity index (χ2n) is 5.51. The summed E-state index contributed by atoms with van der Waals surface area (Å²) in [6, 6.07) is 12.4. The van der Waals surface area contributed by atoms with Gasteiger partial charge in [0.05, 0.1) is 23.0 Å². The van der Waals surface area contributed by atoms with Gasteiger partial charge in [-0.05, 0) is 48.9 Å². The van der Waals surface area contributed by atoms with Crippen molar-refractivity contribution < 1.29 is 13.2 Å². The summed E-state index contributed by atoms with van der Waals surface area (Å²) < 4.78 is 30.4. The molecule has 0 saturated carbocycles. The third-order valence-corrected chi connectivity index (χ3v) is 4.75.